The zero-order valence-corrected chi connectivity index (χ0v) is 14.6. The number of carbonyl (C=O) groups is 1. The van der Waals surface area contributed by atoms with Crippen molar-refractivity contribution in [3.8, 4) is 11.5 Å². The van der Waals surface area contributed by atoms with Crippen LogP contribution < -0.4 is 33.6 Å². The van der Waals surface area contributed by atoms with Crippen LogP contribution in [0.4, 0.5) is 0 Å². The van der Waals surface area contributed by atoms with Crippen molar-refractivity contribution in [2.75, 3.05) is 13.7 Å². The van der Waals surface area contributed by atoms with Crippen LogP contribution in [0, 0.1) is 0 Å². The topological polar surface area (TPSA) is 35.5 Å². The Hall–Kier alpha value is -0.973. The van der Waals surface area contributed by atoms with Crippen molar-refractivity contribution in [2.24, 2.45) is 0 Å². The van der Waals surface area contributed by atoms with Gasteiger partial charge in [-0.1, -0.05) is 23.7 Å². The molecule has 0 spiro atoms. The van der Waals surface area contributed by atoms with E-state index >= 15 is 0 Å². The van der Waals surface area contributed by atoms with Crippen LogP contribution in [0.15, 0.2) is 42.5 Å². The quantitative estimate of drug-likeness (QED) is 0.586. The standard InChI is InChI=1S/C16H16ClO3P.Li.H/c1-3-20-11-8-9-15(13(17)10-11)21-16(18)12-6-4-5-7-14(12)19-2;;/h4-10,21H,3H2,1-2H3;;/q;+1;-1. The van der Waals surface area contributed by atoms with Gasteiger partial charge in [0.15, 0.2) is 5.52 Å². The van der Waals surface area contributed by atoms with Crippen molar-refractivity contribution >= 4 is 31.0 Å². The fourth-order valence-corrected chi connectivity index (χ4v) is 3.13. The summed E-state index contributed by atoms with van der Waals surface area (Å²) in [7, 11) is 1.50. The van der Waals surface area contributed by atoms with Gasteiger partial charge in [-0.25, -0.2) is 0 Å². The Morgan fingerprint density at radius 2 is 2.00 bits per heavy atom. The fraction of sp³-hybridized carbons (Fsp3) is 0.188. The summed E-state index contributed by atoms with van der Waals surface area (Å²) >= 11 is 6.21. The number of carbonyl (C=O) groups excluding carboxylic acids is 1. The Labute approximate surface area is 150 Å². The Balaban J connectivity index is 0.00000242. The van der Waals surface area contributed by atoms with Crippen LogP contribution in [0.1, 0.15) is 18.7 Å². The summed E-state index contributed by atoms with van der Waals surface area (Å²) in [5.41, 5.74) is 0.571. The van der Waals surface area contributed by atoms with Crippen molar-refractivity contribution in [3.63, 3.8) is 0 Å². The molecule has 2 rings (SSSR count). The number of benzene rings is 2. The van der Waals surface area contributed by atoms with E-state index in [1.54, 1.807) is 25.3 Å². The molecule has 6 heteroatoms. The predicted molar refractivity (Wildman–Crippen MR) is 89.0 cm³/mol. The summed E-state index contributed by atoms with van der Waals surface area (Å²) in [4.78, 5) is 12.4. The average Bonchev–Trinajstić information content (AvgIpc) is 2.50. The molecule has 0 fully saturated rings. The zero-order chi connectivity index (χ0) is 15.2. The summed E-state index contributed by atoms with van der Waals surface area (Å²) in [6.07, 6.45) is 0. The van der Waals surface area contributed by atoms with E-state index < -0.39 is 0 Å². The van der Waals surface area contributed by atoms with Crippen molar-refractivity contribution in [3.05, 3.63) is 53.1 Å². The summed E-state index contributed by atoms with van der Waals surface area (Å²) < 4.78 is 10.6. The van der Waals surface area contributed by atoms with Crippen molar-refractivity contribution in [2.45, 2.75) is 6.92 Å². The maximum absolute atomic E-state index is 12.4. The van der Waals surface area contributed by atoms with E-state index in [0.717, 1.165) is 5.30 Å². The molecule has 0 aromatic heterocycles. The van der Waals surface area contributed by atoms with Gasteiger partial charge in [-0.05, 0) is 51.1 Å². The van der Waals surface area contributed by atoms with Crippen molar-refractivity contribution < 1.29 is 34.6 Å². The molecule has 1 unspecified atom stereocenters. The summed E-state index contributed by atoms with van der Waals surface area (Å²) in [5.74, 6) is 1.29. The Kier molecular flexibility index (Phi) is 8.00. The molecule has 0 bridgehead atoms. The second-order valence-electron chi connectivity index (χ2n) is 4.23. The fourth-order valence-electron chi connectivity index (χ4n) is 1.88. The molecule has 0 heterocycles. The molecule has 0 aliphatic rings. The van der Waals surface area contributed by atoms with E-state index in [9.17, 15) is 4.79 Å². The molecule has 1 atom stereocenters. The molecule has 22 heavy (non-hydrogen) atoms. The van der Waals surface area contributed by atoms with E-state index in [0.29, 0.717) is 28.7 Å². The van der Waals surface area contributed by atoms with E-state index in [2.05, 4.69) is 0 Å². The van der Waals surface area contributed by atoms with Crippen molar-refractivity contribution in [1.29, 1.82) is 0 Å². The van der Waals surface area contributed by atoms with Gasteiger partial charge >= 0.3 is 18.9 Å². The molecule has 2 aromatic rings. The average molecular weight is 331 g/mol. The van der Waals surface area contributed by atoms with Crippen LogP contribution in [-0.2, 0) is 0 Å². The van der Waals surface area contributed by atoms with Gasteiger partial charge in [0.05, 0.1) is 24.3 Å². The van der Waals surface area contributed by atoms with Gasteiger partial charge in [0.1, 0.15) is 11.5 Å². The Morgan fingerprint density at radius 1 is 1.27 bits per heavy atom. The van der Waals surface area contributed by atoms with E-state index in [1.165, 1.54) is 0 Å². The minimum atomic E-state index is -0.0540. The number of hydrogen-bond acceptors (Lipinski definition) is 3. The molecule has 0 aliphatic heterocycles. The summed E-state index contributed by atoms with van der Waals surface area (Å²) in [5, 5.41) is 1.35. The molecule has 0 N–H and O–H groups in total. The summed E-state index contributed by atoms with van der Waals surface area (Å²) in [6, 6.07) is 12.6. The first kappa shape index (κ1) is 19.1. The van der Waals surface area contributed by atoms with Gasteiger partial charge in [0, 0.05) is 0 Å². The third kappa shape index (κ3) is 4.76. The number of para-hydroxylation sites is 1. The predicted octanol–water partition coefficient (Wildman–Crippen LogP) is 1.01. The molecule has 2 aromatic carbocycles. The number of methoxy groups -OCH3 is 1. The third-order valence-corrected chi connectivity index (χ3v) is 4.52. The number of halogens is 1. The van der Waals surface area contributed by atoms with Gasteiger partial charge < -0.3 is 10.9 Å². The minimum absolute atomic E-state index is 0. The van der Waals surface area contributed by atoms with Crippen LogP contribution in [0.25, 0.3) is 0 Å². The van der Waals surface area contributed by atoms with Gasteiger partial charge in [0.2, 0.25) is 0 Å². The summed E-state index contributed by atoms with van der Waals surface area (Å²) in [6.45, 7) is 2.49. The first-order valence-corrected chi connectivity index (χ1v) is 7.90. The van der Waals surface area contributed by atoms with Gasteiger partial charge in [-0.15, -0.1) is 0 Å². The first-order chi connectivity index (χ1) is 10.2. The Bertz CT molecular complexity index is 655. The molecule has 0 aliphatic carbocycles. The number of ether oxygens (including phenoxy) is 2. The van der Waals surface area contributed by atoms with E-state index in [4.69, 9.17) is 21.1 Å². The van der Waals surface area contributed by atoms with Crippen LogP contribution in [0.2, 0.25) is 5.02 Å². The first-order valence-electron chi connectivity index (χ1n) is 6.52. The second kappa shape index (κ2) is 9.23. The third-order valence-electron chi connectivity index (χ3n) is 2.85. The second-order valence-corrected chi connectivity index (χ2v) is 5.88. The molecular formula is C16H17ClLiO3P. The molecule has 0 saturated heterocycles. The SMILES string of the molecule is CCOc1ccc(PC(=O)c2ccccc2OC)c(Cl)c1.[H-].[Li+]. The molecule has 0 radical (unpaired) electrons. The van der Waals surface area contributed by atoms with Gasteiger partial charge in [-0.3, -0.25) is 4.79 Å². The van der Waals surface area contributed by atoms with E-state index in [-0.39, 0.29) is 34.4 Å². The zero-order valence-electron chi connectivity index (χ0n) is 13.9. The molecule has 0 amide bonds. The van der Waals surface area contributed by atoms with Crippen LogP contribution in [-0.4, -0.2) is 19.2 Å². The normalized spacial score (nSPS) is 10.3. The van der Waals surface area contributed by atoms with Gasteiger partial charge in [-0.2, -0.15) is 0 Å². The maximum Gasteiger partial charge on any atom is 1.00 e. The molecular weight excluding hydrogens is 314 g/mol. The smallest absolute Gasteiger partial charge is 1.00 e. The largest absolute Gasteiger partial charge is 1.00 e. The maximum atomic E-state index is 12.4. The van der Waals surface area contributed by atoms with Crippen LogP contribution >= 0.6 is 20.2 Å². The molecule has 112 valence electrons. The monoisotopic (exact) mass is 330 g/mol. The Morgan fingerprint density at radius 3 is 2.64 bits per heavy atom. The number of hydrogen-bond donors (Lipinski definition) is 0. The van der Waals surface area contributed by atoms with Crippen LogP contribution in [0.3, 0.4) is 0 Å². The minimum Gasteiger partial charge on any atom is -1.00 e. The number of rotatable bonds is 6. The van der Waals surface area contributed by atoms with Gasteiger partial charge in [0.25, 0.3) is 0 Å². The molecule has 0 saturated carbocycles. The van der Waals surface area contributed by atoms with Crippen molar-refractivity contribution in [1.82, 2.24) is 0 Å². The van der Waals surface area contributed by atoms with E-state index in [1.807, 2.05) is 31.2 Å². The van der Waals surface area contributed by atoms with Crippen LogP contribution in [0.5, 0.6) is 11.5 Å². The molecule has 3 nitrogen and oxygen atoms in total.